The van der Waals surface area contributed by atoms with Crippen molar-refractivity contribution < 1.29 is 0 Å². The largest absolute Gasteiger partial charge is 0.156 e. The highest BCUT2D eigenvalue weighted by molar-refractivity contribution is 8.19. The summed E-state index contributed by atoms with van der Waals surface area (Å²) >= 11 is 8.53. The van der Waals surface area contributed by atoms with Crippen LogP contribution in [0.1, 0.15) is 30.6 Å². The summed E-state index contributed by atoms with van der Waals surface area (Å²) < 4.78 is 0. The van der Waals surface area contributed by atoms with E-state index in [1.807, 2.05) is 11.8 Å². The summed E-state index contributed by atoms with van der Waals surface area (Å²) in [6.07, 6.45) is 0. The van der Waals surface area contributed by atoms with Crippen molar-refractivity contribution in [3.8, 4) is 0 Å². The standard InChI is InChI=1S/C24H27PS2/c1-20(2)25(26,23-16-10-5-11-17-23)24(22-14-8-4-9-15-22)19-27-18-21-12-6-3-7-13-21/h3-17,20,24H,18-19H2,1-2H3/t24?,25-/m0/s1. The average molecular weight is 411 g/mol. The van der Waals surface area contributed by atoms with Gasteiger partial charge >= 0.3 is 0 Å². The van der Waals surface area contributed by atoms with Crippen LogP contribution in [0.2, 0.25) is 0 Å². The van der Waals surface area contributed by atoms with Crippen molar-refractivity contribution in [2.45, 2.75) is 30.9 Å². The third kappa shape index (κ3) is 4.93. The summed E-state index contributed by atoms with van der Waals surface area (Å²) in [5, 5.41) is 1.36. The Labute approximate surface area is 173 Å². The van der Waals surface area contributed by atoms with E-state index in [-0.39, 0.29) is 0 Å². The zero-order chi connectivity index (χ0) is 19.1. The molecule has 3 heteroatoms. The SMILES string of the molecule is CC(C)[P@](=S)(c1ccccc1)C(CSCc1ccccc1)c1ccccc1. The maximum absolute atomic E-state index is 6.52. The molecule has 0 fully saturated rings. The number of hydrogen-bond acceptors (Lipinski definition) is 2. The molecule has 0 N–H and O–H groups in total. The molecule has 0 radical (unpaired) electrons. The third-order valence-corrected chi connectivity index (χ3v) is 13.0. The summed E-state index contributed by atoms with van der Waals surface area (Å²) in [4.78, 5) is 0. The monoisotopic (exact) mass is 410 g/mol. The Morgan fingerprint density at radius 3 is 1.85 bits per heavy atom. The molecule has 0 nitrogen and oxygen atoms in total. The van der Waals surface area contributed by atoms with E-state index in [1.54, 1.807) is 0 Å². The van der Waals surface area contributed by atoms with Gasteiger partial charge in [0, 0.05) is 17.2 Å². The minimum absolute atomic E-state index is 0.393. The lowest BCUT2D eigenvalue weighted by Crippen LogP contribution is -2.20. The molecule has 0 heterocycles. The van der Waals surface area contributed by atoms with Crippen molar-refractivity contribution in [3.63, 3.8) is 0 Å². The van der Waals surface area contributed by atoms with E-state index in [1.165, 1.54) is 16.4 Å². The van der Waals surface area contributed by atoms with E-state index >= 15 is 0 Å². The summed E-state index contributed by atoms with van der Waals surface area (Å²) in [7, 11) is 0. The van der Waals surface area contributed by atoms with E-state index in [0.717, 1.165) is 11.5 Å². The molecule has 3 rings (SSSR count). The maximum Gasteiger partial charge on any atom is 0.0263 e. The van der Waals surface area contributed by atoms with Gasteiger partial charge in [0.25, 0.3) is 0 Å². The molecule has 0 amide bonds. The van der Waals surface area contributed by atoms with Gasteiger partial charge < -0.3 is 0 Å². The van der Waals surface area contributed by atoms with Crippen LogP contribution < -0.4 is 5.30 Å². The molecule has 2 atom stereocenters. The number of benzene rings is 3. The fourth-order valence-electron chi connectivity index (χ4n) is 3.47. The van der Waals surface area contributed by atoms with Gasteiger partial charge in [0.05, 0.1) is 0 Å². The molecule has 3 aromatic carbocycles. The Morgan fingerprint density at radius 1 is 0.778 bits per heavy atom. The van der Waals surface area contributed by atoms with E-state index in [4.69, 9.17) is 11.8 Å². The predicted octanol–water partition coefficient (Wildman–Crippen LogP) is 6.87. The van der Waals surface area contributed by atoms with Crippen LogP contribution in [0.4, 0.5) is 0 Å². The molecule has 140 valence electrons. The lowest BCUT2D eigenvalue weighted by molar-refractivity contribution is 1.02. The minimum Gasteiger partial charge on any atom is -0.156 e. The smallest absolute Gasteiger partial charge is 0.0263 e. The quantitative estimate of drug-likeness (QED) is 0.371. The Hall–Kier alpha value is -1.34. The highest BCUT2D eigenvalue weighted by Crippen LogP contribution is 2.62. The average Bonchev–Trinajstić information content (AvgIpc) is 2.72. The molecule has 0 aromatic heterocycles. The van der Waals surface area contributed by atoms with Crippen LogP contribution in [-0.4, -0.2) is 11.4 Å². The Bertz CT molecular complexity index is 861. The van der Waals surface area contributed by atoms with Crippen LogP contribution in [0.15, 0.2) is 91.0 Å². The van der Waals surface area contributed by atoms with Crippen molar-refractivity contribution in [2.75, 3.05) is 5.75 Å². The van der Waals surface area contributed by atoms with Gasteiger partial charge in [-0.2, -0.15) is 11.8 Å². The highest BCUT2D eigenvalue weighted by Gasteiger charge is 2.34. The molecule has 27 heavy (non-hydrogen) atoms. The molecule has 0 aliphatic carbocycles. The lowest BCUT2D eigenvalue weighted by atomic mass is 10.2. The first kappa shape index (κ1) is 20.4. The third-order valence-electron chi connectivity index (χ3n) is 4.96. The zero-order valence-electron chi connectivity index (χ0n) is 16.0. The summed E-state index contributed by atoms with van der Waals surface area (Å²) in [6.45, 7) is 4.62. The summed E-state index contributed by atoms with van der Waals surface area (Å²) in [5.41, 5.74) is 3.63. The van der Waals surface area contributed by atoms with Crippen molar-refractivity contribution in [2.24, 2.45) is 0 Å². The molecule has 0 aliphatic rings. The van der Waals surface area contributed by atoms with Crippen LogP contribution in [-0.2, 0) is 17.6 Å². The second-order valence-corrected chi connectivity index (χ2v) is 13.5. The Balaban J connectivity index is 1.92. The van der Waals surface area contributed by atoms with Gasteiger partial charge in [-0.05, 0) is 28.1 Å². The number of thioether (sulfide) groups is 1. The minimum atomic E-state index is -1.78. The van der Waals surface area contributed by atoms with Gasteiger partial charge in [0.2, 0.25) is 0 Å². The normalized spacial score (nSPS) is 14.6. The van der Waals surface area contributed by atoms with Crippen molar-refractivity contribution >= 4 is 34.9 Å². The molecule has 0 saturated carbocycles. The first-order valence-corrected chi connectivity index (χ1v) is 13.5. The van der Waals surface area contributed by atoms with Gasteiger partial charge in [0.15, 0.2) is 0 Å². The Morgan fingerprint density at radius 2 is 1.30 bits per heavy atom. The molecule has 3 aromatic rings. The topological polar surface area (TPSA) is 0 Å². The van der Waals surface area contributed by atoms with Gasteiger partial charge in [-0.25, -0.2) is 0 Å². The molecule has 0 saturated heterocycles. The van der Waals surface area contributed by atoms with Gasteiger partial charge in [-0.3, -0.25) is 0 Å². The van der Waals surface area contributed by atoms with Crippen LogP contribution in [0.5, 0.6) is 0 Å². The lowest BCUT2D eigenvalue weighted by Gasteiger charge is -2.35. The zero-order valence-corrected chi connectivity index (χ0v) is 18.5. The summed E-state index contributed by atoms with van der Waals surface area (Å²) in [6, 6.07) is 30.7. The number of hydrogen-bond donors (Lipinski definition) is 0. The fraction of sp³-hybridized carbons (Fsp3) is 0.250. The summed E-state index contributed by atoms with van der Waals surface area (Å²) in [5.74, 6) is 2.09. The van der Waals surface area contributed by atoms with Crippen LogP contribution in [0.25, 0.3) is 0 Å². The van der Waals surface area contributed by atoms with E-state index in [2.05, 4.69) is 105 Å². The van der Waals surface area contributed by atoms with Crippen LogP contribution in [0.3, 0.4) is 0 Å². The van der Waals surface area contributed by atoms with Crippen LogP contribution in [0, 0.1) is 0 Å². The van der Waals surface area contributed by atoms with E-state index in [0.29, 0.717) is 11.3 Å². The molecule has 0 spiro atoms. The maximum atomic E-state index is 6.52. The predicted molar refractivity (Wildman–Crippen MR) is 127 cm³/mol. The van der Waals surface area contributed by atoms with Gasteiger partial charge in [-0.15, -0.1) is 0 Å². The first-order valence-electron chi connectivity index (χ1n) is 9.44. The van der Waals surface area contributed by atoms with Crippen molar-refractivity contribution in [3.05, 3.63) is 102 Å². The highest BCUT2D eigenvalue weighted by atomic mass is 32.4. The molecular weight excluding hydrogens is 383 g/mol. The van der Waals surface area contributed by atoms with Crippen molar-refractivity contribution in [1.29, 1.82) is 0 Å². The second-order valence-electron chi connectivity index (χ2n) is 7.07. The van der Waals surface area contributed by atoms with Gasteiger partial charge in [0.1, 0.15) is 0 Å². The first-order chi connectivity index (χ1) is 13.1. The fourth-order valence-corrected chi connectivity index (χ4v) is 9.84. The second kappa shape index (κ2) is 9.73. The van der Waals surface area contributed by atoms with Crippen molar-refractivity contribution in [1.82, 2.24) is 0 Å². The van der Waals surface area contributed by atoms with E-state index < -0.39 is 6.04 Å². The van der Waals surface area contributed by atoms with Crippen LogP contribution >= 0.6 is 17.8 Å². The molecular formula is C24H27PS2. The van der Waals surface area contributed by atoms with Gasteiger partial charge in [-0.1, -0.05) is 117 Å². The Kier molecular flexibility index (Phi) is 7.35. The number of rotatable bonds is 8. The van der Waals surface area contributed by atoms with E-state index in [9.17, 15) is 0 Å². The molecule has 0 aliphatic heterocycles. The molecule has 1 unspecified atom stereocenters. The molecule has 0 bridgehead atoms.